The van der Waals surface area contributed by atoms with E-state index in [1.54, 1.807) is 41.3 Å². The van der Waals surface area contributed by atoms with E-state index in [0.717, 1.165) is 5.56 Å². The fourth-order valence-electron chi connectivity index (χ4n) is 3.53. The first-order chi connectivity index (χ1) is 13.9. The van der Waals surface area contributed by atoms with Crippen LogP contribution < -0.4 is 0 Å². The third-order valence-electron chi connectivity index (χ3n) is 5.05. The Balaban J connectivity index is 1.60. The van der Waals surface area contributed by atoms with Gasteiger partial charge in [-0.15, -0.1) is 0 Å². The molecule has 1 saturated heterocycles. The molecule has 1 aliphatic rings. The highest BCUT2D eigenvalue weighted by Crippen LogP contribution is 2.27. The van der Waals surface area contributed by atoms with Gasteiger partial charge in [0.05, 0.1) is 18.1 Å². The maximum absolute atomic E-state index is 13.1. The normalized spacial score (nSPS) is 17.9. The summed E-state index contributed by atoms with van der Waals surface area (Å²) < 4.78 is 30.0. The molecule has 1 aliphatic heterocycles. The van der Waals surface area contributed by atoms with Gasteiger partial charge in [-0.1, -0.05) is 29.8 Å². The van der Waals surface area contributed by atoms with Crippen molar-refractivity contribution >= 4 is 27.3 Å². The topological polar surface area (TPSA) is 67.6 Å². The number of benzene rings is 2. The number of nitrogens with zero attached hydrogens (tertiary/aromatic N) is 1. The van der Waals surface area contributed by atoms with Crippen molar-refractivity contribution in [3.8, 4) is 11.3 Å². The summed E-state index contributed by atoms with van der Waals surface area (Å²) in [6, 6.07) is 19.5. The second-order valence-electron chi connectivity index (χ2n) is 7.13. The monoisotopic (exact) mass is 429 g/mol. The molecule has 0 radical (unpaired) electrons. The number of hydrogen-bond acceptors (Lipinski definition) is 4. The first kappa shape index (κ1) is 19.7. The first-order valence-electron chi connectivity index (χ1n) is 9.32. The van der Waals surface area contributed by atoms with E-state index in [1.165, 1.54) is 0 Å². The number of hydrogen-bond donors (Lipinski definition) is 0. The molecular weight excluding hydrogens is 410 g/mol. The molecule has 1 aromatic heterocycles. The predicted octanol–water partition coefficient (Wildman–Crippen LogP) is 4.43. The minimum absolute atomic E-state index is 0.0175. The minimum Gasteiger partial charge on any atom is -0.459 e. The Morgan fingerprint density at radius 1 is 1.03 bits per heavy atom. The Morgan fingerprint density at radius 2 is 1.76 bits per heavy atom. The molecule has 7 heteroatoms. The second kappa shape index (κ2) is 8.05. The van der Waals surface area contributed by atoms with Crippen LogP contribution in [-0.4, -0.2) is 36.8 Å². The van der Waals surface area contributed by atoms with Gasteiger partial charge < -0.3 is 9.32 Å². The van der Waals surface area contributed by atoms with Crippen LogP contribution in [0.3, 0.4) is 0 Å². The number of amides is 1. The number of furan rings is 1. The van der Waals surface area contributed by atoms with E-state index in [-0.39, 0.29) is 30.0 Å². The number of carbonyl (C=O) groups is 1. The van der Waals surface area contributed by atoms with Gasteiger partial charge in [0.15, 0.2) is 9.84 Å². The molecule has 4 rings (SSSR count). The van der Waals surface area contributed by atoms with Crippen LogP contribution in [0.25, 0.3) is 11.3 Å². The molecule has 0 saturated carbocycles. The number of rotatable bonds is 5. The summed E-state index contributed by atoms with van der Waals surface area (Å²) in [5, 5.41) is 0.641. The van der Waals surface area contributed by atoms with Crippen LogP contribution in [0.1, 0.15) is 22.5 Å². The molecule has 29 heavy (non-hydrogen) atoms. The van der Waals surface area contributed by atoms with Crippen LogP contribution in [0, 0.1) is 0 Å². The van der Waals surface area contributed by atoms with Crippen molar-refractivity contribution < 1.29 is 17.6 Å². The van der Waals surface area contributed by atoms with Gasteiger partial charge >= 0.3 is 0 Å². The number of sulfone groups is 1. The summed E-state index contributed by atoms with van der Waals surface area (Å²) >= 11 is 5.94. The standard InChI is InChI=1S/C22H20ClNO4S/c23-18-8-6-16(7-9-18)21-11-10-20(28-21)14-24(19-12-13-29(26,27)15-19)22(25)17-4-2-1-3-5-17/h1-11,19H,12-15H2/t19-/m0/s1. The average Bonchev–Trinajstić information content (AvgIpc) is 3.33. The predicted molar refractivity (Wildman–Crippen MR) is 113 cm³/mol. The van der Waals surface area contributed by atoms with Crippen molar-refractivity contribution in [2.45, 2.75) is 19.0 Å². The van der Waals surface area contributed by atoms with Crippen LogP contribution in [0.15, 0.2) is 71.1 Å². The van der Waals surface area contributed by atoms with E-state index < -0.39 is 9.84 Å². The molecule has 1 fully saturated rings. The summed E-state index contributed by atoms with van der Waals surface area (Å²) in [7, 11) is -3.13. The summed E-state index contributed by atoms with van der Waals surface area (Å²) in [5.41, 5.74) is 1.41. The molecule has 3 aromatic rings. The van der Waals surface area contributed by atoms with E-state index in [0.29, 0.717) is 28.5 Å². The van der Waals surface area contributed by atoms with E-state index in [9.17, 15) is 13.2 Å². The van der Waals surface area contributed by atoms with Gasteiger partial charge in [0.25, 0.3) is 5.91 Å². The summed E-state index contributed by atoms with van der Waals surface area (Å²) in [5.74, 6) is 1.16. The zero-order valence-corrected chi connectivity index (χ0v) is 17.2. The highest BCUT2D eigenvalue weighted by atomic mass is 35.5. The summed E-state index contributed by atoms with van der Waals surface area (Å²) in [6.07, 6.45) is 0.436. The SMILES string of the molecule is O=C(c1ccccc1)N(Cc1ccc(-c2ccc(Cl)cc2)o1)[C@H]1CCS(=O)(=O)C1. The van der Waals surface area contributed by atoms with Crippen molar-refractivity contribution in [3.05, 3.63) is 83.1 Å². The largest absolute Gasteiger partial charge is 0.459 e. The number of carbonyl (C=O) groups excluding carboxylic acids is 1. The van der Waals surface area contributed by atoms with Gasteiger partial charge in [0.2, 0.25) is 0 Å². The zero-order valence-electron chi connectivity index (χ0n) is 15.6. The smallest absolute Gasteiger partial charge is 0.254 e. The third-order valence-corrected chi connectivity index (χ3v) is 7.05. The van der Waals surface area contributed by atoms with E-state index >= 15 is 0 Å². The molecule has 2 heterocycles. The Morgan fingerprint density at radius 3 is 2.41 bits per heavy atom. The Hall–Kier alpha value is -2.57. The molecule has 0 aliphatic carbocycles. The summed E-state index contributed by atoms with van der Waals surface area (Å²) in [6.45, 7) is 0.210. The average molecular weight is 430 g/mol. The lowest BCUT2D eigenvalue weighted by atomic mass is 10.1. The van der Waals surface area contributed by atoms with Gasteiger partial charge in [-0.2, -0.15) is 0 Å². The number of halogens is 1. The molecule has 0 N–H and O–H groups in total. The van der Waals surface area contributed by atoms with Crippen molar-refractivity contribution in [2.24, 2.45) is 0 Å². The van der Waals surface area contributed by atoms with Gasteiger partial charge in [-0.3, -0.25) is 4.79 Å². The molecule has 1 amide bonds. The molecule has 0 bridgehead atoms. The highest BCUT2D eigenvalue weighted by Gasteiger charge is 2.35. The van der Waals surface area contributed by atoms with E-state index in [2.05, 4.69) is 0 Å². The van der Waals surface area contributed by atoms with Gasteiger partial charge in [-0.05, 0) is 55.0 Å². The first-order valence-corrected chi connectivity index (χ1v) is 11.5. The van der Waals surface area contributed by atoms with Crippen LogP contribution in [0.2, 0.25) is 5.02 Å². The molecule has 0 unspecified atom stereocenters. The van der Waals surface area contributed by atoms with Gasteiger partial charge in [0.1, 0.15) is 11.5 Å². The van der Waals surface area contributed by atoms with Crippen molar-refractivity contribution in [2.75, 3.05) is 11.5 Å². The molecule has 1 atom stereocenters. The fourth-order valence-corrected chi connectivity index (χ4v) is 5.39. The lowest BCUT2D eigenvalue weighted by molar-refractivity contribution is 0.0666. The van der Waals surface area contributed by atoms with Crippen molar-refractivity contribution in [1.29, 1.82) is 0 Å². The van der Waals surface area contributed by atoms with E-state index in [1.807, 2.05) is 30.3 Å². The molecule has 0 spiro atoms. The molecule has 2 aromatic carbocycles. The fraction of sp³-hybridized carbons (Fsp3) is 0.227. The van der Waals surface area contributed by atoms with Crippen LogP contribution >= 0.6 is 11.6 Å². The van der Waals surface area contributed by atoms with Gasteiger partial charge in [0, 0.05) is 22.2 Å². The molecular formula is C22H20ClNO4S. The molecule has 5 nitrogen and oxygen atoms in total. The zero-order chi connectivity index (χ0) is 20.4. The molecule has 150 valence electrons. The minimum atomic E-state index is -3.13. The van der Waals surface area contributed by atoms with Crippen LogP contribution in [0.4, 0.5) is 0 Å². The lowest BCUT2D eigenvalue weighted by Crippen LogP contribution is -2.40. The second-order valence-corrected chi connectivity index (χ2v) is 9.79. The van der Waals surface area contributed by atoms with E-state index in [4.69, 9.17) is 16.0 Å². The summed E-state index contributed by atoms with van der Waals surface area (Å²) in [4.78, 5) is 14.8. The Labute approximate surface area is 174 Å². The maximum atomic E-state index is 13.1. The lowest BCUT2D eigenvalue weighted by Gasteiger charge is -2.27. The third kappa shape index (κ3) is 4.54. The quantitative estimate of drug-likeness (QED) is 0.601. The maximum Gasteiger partial charge on any atom is 0.254 e. The van der Waals surface area contributed by atoms with Crippen molar-refractivity contribution in [1.82, 2.24) is 4.90 Å². The van der Waals surface area contributed by atoms with Crippen molar-refractivity contribution in [3.63, 3.8) is 0 Å². The Bertz CT molecular complexity index is 1110. The highest BCUT2D eigenvalue weighted by molar-refractivity contribution is 7.91. The van der Waals surface area contributed by atoms with Gasteiger partial charge in [-0.25, -0.2) is 8.42 Å². The van der Waals surface area contributed by atoms with Crippen LogP contribution in [-0.2, 0) is 16.4 Å². The van der Waals surface area contributed by atoms with Crippen LogP contribution in [0.5, 0.6) is 0 Å². The Kier molecular flexibility index (Phi) is 5.48.